The first-order valence-corrected chi connectivity index (χ1v) is 15.0. The SMILES string of the molecule is CS(C)(=O)=NCc1ccc(-c2ccc(-c3nc4c(cc3Cl)N=C(O[C@@H]3CO[C@H]5[C@@H]3OC[C@H]5O)C4)cc2)cn1. The molecule has 0 spiro atoms. The van der Waals surface area contributed by atoms with E-state index in [9.17, 15) is 9.32 Å². The zero-order valence-electron chi connectivity index (χ0n) is 20.9. The first-order chi connectivity index (χ1) is 18.2. The van der Waals surface area contributed by atoms with Crippen molar-refractivity contribution in [2.45, 2.75) is 37.4 Å². The maximum atomic E-state index is 11.8. The monoisotopic (exact) mass is 554 g/mol. The molecule has 9 nitrogen and oxygen atoms in total. The van der Waals surface area contributed by atoms with Crippen LogP contribution in [0.3, 0.4) is 0 Å². The molecule has 0 aliphatic carbocycles. The van der Waals surface area contributed by atoms with Crippen molar-refractivity contribution in [1.29, 1.82) is 0 Å². The molecule has 5 heterocycles. The van der Waals surface area contributed by atoms with Crippen molar-refractivity contribution in [3.63, 3.8) is 0 Å². The van der Waals surface area contributed by atoms with Crippen molar-refractivity contribution in [3.05, 3.63) is 65.1 Å². The number of nitrogens with zero attached hydrogens (tertiary/aromatic N) is 4. The highest BCUT2D eigenvalue weighted by Crippen LogP contribution is 2.37. The summed E-state index contributed by atoms with van der Waals surface area (Å²) < 4.78 is 33.3. The number of pyridine rings is 2. The summed E-state index contributed by atoms with van der Waals surface area (Å²) in [6, 6.07) is 13.7. The van der Waals surface area contributed by atoms with Crippen molar-refractivity contribution >= 4 is 32.9 Å². The molecule has 0 radical (unpaired) electrons. The number of benzene rings is 1. The summed E-state index contributed by atoms with van der Waals surface area (Å²) in [6.07, 6.45) is 3.88. The van der Waals surface area contributed by atoms with E-state index in [4.69, 9.17) is 30.8 Å². The zero-order valence-corrected chi connectivity index (χ0v) is 22.5. The second-order valence-electron chi connectivity index (χ2n) is 9.87. The van der Waals surface area contributed by atoms with E-state index < -0.39 is 15.8 Å². The van der Waals surface area contributed by atoms with Crippen molar-refractivity contribution in [1.82, 2.24) is 9.97 Å². The lowest BCUT2D eigenvalue weighted by Gasteiger charge is -2.17. The fourth-order valence-electron chi connectivity index (χ4n) is 4.78. The van der Waals surface area contributed by atoms with E-state index in [1.165, 1.54) is 0 Å². The van der Waals surface area contributed by atoms with Crippen LogP contribution < -0.4 is 0 Å². The quantitative estimate of drug-likeness (QED) is 0.509. The van der Waals surface area contributed by atoms with Gasteiger partial charge in [-0.25, -0.2) is 14.3 Å². The third kappa shape index (κ3) is 5.19. The molecule has 1 aromatic carbocycles. The van der Waals surface area contributed by atoms with Crippen LogP contribution in [0.5, 0.6) is 0 Å². The number of ether oxygens (including phenoxy) is 3. The Labute approximate surface area is 226 Å². The average molecular weight is 555 g/mol. The Morgan fingerprint density at radius 2 is 1.82 bits per heavy atom. The molecule has 6 rings (SSSR count). The van der Waals surface area contributed by atoms with Crippen LogP contribution >= 0.6 is 11.6 Å². The molecule has 3 aromatic rings. The molecule has 0 saturated carbocycles. The van der Waals surface area contributed by atoms with Crippen molar-refractivity contribution in [2.75, 3.05) is 25.7 Å². The van der Waals surface area contributed by atoms with E-state index in [0.29, 0.717) is 41.9 Å². The lowest BCUT2D eigenvalue weighted by atomic mass is 10.0. The summed E-state index contributed by atoms with van der Waals surface area (Å²) in [4.78, 5) is 13.8. The highest BCUT2D eigenvalue weighted by atomic mass is 35.5. The molecule has 3 aliphatic rings. The van der Waals surface area contributed by atoms with Gasteiger partial charge in [0.15, 0.2) is 12.0 Å². The third-order valence-electron chi connectivity index (χ3n) is 6.72. The van der Waals surface area contributed by atoms with Crippen LogP contribution in [0, 0.1) is 0 Å². The van der Waals surface area contributed by atoms with Crippen LogP contribution in [0.25, 0.3) is 22.4 Å². The van der Waals surface area contributed by atoms with Gasteiger partial charge in [0.2, 0.25) is 0 Å². The van der Waals surface area contributed by atoms with Gasteiger partial charge in [-0.05, 0) is 17.7 Å². The zero-order chi connectivity index (χ0) is 26.4. The topological polar surface area (TPSA) is 115 Å². The van der Waals surface area contributed by atoms with Crippen LogP contribution in [0.4, 0.5) is 5.69 Å². The minimum Gasteiger partial charge on any atom is -0.472 e. The number of halogens is 1. The van der Waals surface area contributed by atoms with Crippen LogP contribution in [0.2, 0.25) is 5.02 Å². The van der Waals surface area contributed by atoms with E-state index in [-0.39, 0.29) is 24.9 Å². The summed E-state index contributed by atoms with van der Waals surface area (Å²) in [6.45, 7) is 0.928. The van der Waals surface area contributed by atoms with E-state index in [1.807, 2.05) is 42.5 Å². The van der Waals surface area contributed by atoms with Gasteiger partial charge >= 0.3 is 0 Å². The molecule has 4 atom stereocenters. The molecule has 11 heteroatoms. The number of aliphatic hydroxyl groups excluding tert-OH is 1. The lowest BCUT2D eigenvalue weighted by molar-refractivity contribution is 0.00558. The molecule has 3 aliphatic heterocycles. The fraction of sp³-hybridized carbons (Fsp3) is 0.370. The van der Waals surface area contributed by atoms with Gasteiger partial charge < -0.3 is 19.3 Å². The number of aliphatic hydroxyl groups is 1. The normalized spacial score (nSPS) is 24.2. The second-order valence-corrected chi connectivity index (χ2v) is 12.9. The summed E-state index contributed by atoms with van der Waals surface area (Å²) in [5, 5.41) is 10.5. The maximum Gasteiger partial charge on any atom is 0.195 e. The largest absolute Gasteiger partial charge is 0.472 e. The molecule has 2 fully saturated rings. The van der Waals surface area contributed by atoms with E-state index in [1.54, 1.807) is 18.7 Å². The summed E-state index contributed by atoms with van der Waals surface area (Å²) >= 11 is 6.61. The Balaban J connectivity index is 1.14. The van der Waals surface area contributed by atoms with E-state index in [2.05, 4.69) is 14.3 Å². The van der Waals surface area contributed by atoms with E-state index in [0.717, 1.165) is 28.1 Å². The first kappa shape index (κ1) is 25.4. The predicted molar refractivity (Wildman–Crippen MR) is 145 cm³/mol. The van der Waals surface area contributed by atoms with Crippen molar-refractivity contribution in [3.8, 4) is 22.4 Å². The molecule has 1 N–H and O–H groups in total. The van der Waals surface area contributed by atoms with Crippen molar-refractivity contribution in [2.24, 2.45) is 9.36 Å². The standard InChI is InChI=1S/C27H27ClN4O5S/c1-38(2,34)30-12-18-8-7-17(11-29-18)15-3-5-16(6-4-15)25-19(28)9-20-21(32-25)10-24(31-20)37-23-14-36-26-22(33)13-35-27(23)26/h3-9,11,22-23,26-27,33H,10,12-14H2,1-2H3/t22-,23-,26-,27-/m1/s1. The van der Waals surface area contributed by atoms with Crippen LogP contribution in [-0.4, -0.2) is 75.3 Å². The highest BCUT2D eigenvalue weighted by Gasteiger charge is 2.49. The lowest BCUT2D eigenvalue weighted by Crippen LogP contribution is -2.34. The molecule has 198 valence electrons. The number of hydrogen-bond acceptors (Lipinski definition) is 9. The molecule has 38 heavy (non-hydrogen) atoms. The fourth-order valence-corrected chi connectivity index (χ4v) is 5.48. The number of aromatic nitrogens is 2. The average Bonchev–Trinajstić information content (AvgIpc) is 3.59. The summed E-state index contributed by atoms with van der Waals surface area (Å²) in [5.74, 6) is 0.541. The molecular weight excluding hydrogens is 528 g/mol. The Morgan fingerprint density at radius 1 is 1.08 bits per heavy atom. The molecule has 2 saturated heterocycles. The predicted octanol–water partition coefficient (Wildman–Crippen LogP) is 3.82. The minimum atomic E-state index is -2.15. The minimum absolute atomic E-state index is 0.251. The summed E-state index contributed by atoms with van der Waals surface area (Å²) in [5.41, 5.74) is 5.79. The number of rotatable bonds is 5. The maximum absolute atomic E-state index is 11.8. The smallest absolute Gasteiger partial charge is 0.195 e. The molecular formula is C27H27ClN4O5S. The van der Waals surface area contributed by atoms with Crippen LogP contribution in [0.15, 0.2) is 58.0 Å². The van der Waals surface area contributed by atoms with Gasteiger partial charge in [0.25, 0.3) is 0 Å². The van der Waals surface area contributed by atoms with Gasteiger partial charge in [0, 0.05) is 39.6 Å². The third-order valence-corrected chi connectivity index (χ3v) is 7.76. The molecule has 0 bridgehead atoms. The number of aliphatic imine (C=N–C) groups is 1. The van der Waals surface area contributed by atoms with Gasteiger partial charge in [-0.2, -0.15) is 0 Å². The first-order valence-electron chi connectivity index (χ1n) is 12.3. The molecule has 2 aromatic heterocycles. The number of fused-ring (bicyclic) bond motifs is 2. The Hall–Kier alpha value is -2.89. The summed E-state index contributed by atoms with van der Waals surface area (Å²) in [7, 11) is -2.15. The van der Waals surface area contributed by atoms with Crippen LogP contribution in [-0.2, 0) is 36.9 Å². The van der Waals surface area contributed by atoms with Gasteiger partial charge in [-0.1, -0.05) is 41.9 Å². The van der Waals surface area contributed by atoms with Gasteiger partial charge in [-0.3, -0.25) is 9.19 Å². The molecule has 0 unspecified atom stereocenters. The van der Waals surface area contributed by atoms with Gasteiger partial charge in [0.05, 0.1) is 54.0 Å². The Bertz CT molecular complexity index is 1510. The van der Waals surface area contributed by atoms with Gasteiger partial charge in [0.1, 0.15) is 18.3 Å². The van der Waals surface area contributed by atoms with Gasteiger partial charge in [-0.15, -0.1) is 0 Å². The van der Waals surface area contributed by atoms with Crippen molar-refractivity contribution < 1.29 is 23.5 Å². The number of hydrogen-bond donors (Lipinski definition) is 1. The Morgan fingerprint density at radius 3 is 2.55 bits per heavy atom. The highest BCUT2D eigenvalue weighted by molar-refractivity contribution is 7.92. The Kier molecular flexibility index (Phi) is 6.69. The van der Waals surface area contributed by atoms with E-state index >= 15 is 0 Å². The van der Waals surface area contributed by atoms with Crippen LogP contribution in [0.1, 0.15) is 11.4 Å². The second kappa shape index (κ2) is 10.0. The molecule has 0 amide bonds.